The molecule has 0 unspecified atom stereocenters. The number of carbonyl (C=O) groups excluding carboxylic acids is 2. The fraction of sp³-hybridized carbons (Fsp3) is 0.882. The van der Waals surface area contributed by atoms with Crippen LogP contribution in [-0.2, 0) is 9.53 Å². The van der Waals surface area contributed by atoms with Gasteiger partial charge < -0.3 is 9.64 Å². The fourth-order valence-corrected chi connectivity index (χ4v) is 3.44. The van der Waals surface area contributed by atoms with Crippen LogP contribution in [0.25, 0.3) is 0 Å². The third-order valence-corrected chi connectivity index (χ3v) is 4.47. The predicted octanol–water partition coefficient (Wildman–Crippen LogP) is 4.03. The van der Waals surface area contributed by atoms with Crippen LogP contribution in [0.2, 0.25) is 0 Å². The van der Waals surface area contributed by atoms with Gasteiger partial charge in [-0.05, 0) is 44.4 Å². The second-order valence-corrected chi connectivity index (χ2v) is 5.87. The average molecular weight is 297 g/mol. The minimum absolute atomic E-state index is 0.0190. The maximum atomic E-state index is 12.0. The summed E-state index contributed by atoms with van der Waals surface area (Å²) >= 11 is 0. The van der Waals surface area contributed by atoms with E-state index < -0.39 is 0 Å². The van der Waals surface area contributed by atoms with E-state index in [0.717, 1.165) is 38.6 Å². The molecule has 0 radical (unpaired) electrons. The first-order valence-electron chi connectivity index (χ1n) is 8.61. The summed E-state index contributed by atoms with van der Waals surface area (Å²) in [6, 6.07) is 0. The van der Waals surface area contributed by atoms with Crippen LogP contribution in [0.5, 0.6) is 0 Å². The molecule has 0 heterocycles. The van der Waals surface area contributed by atoms with E-state index in [9.17, 15) is 9.59 Å². The van der Waals surface area contributed by atoms with E-state index in [4.69, 9.17) is 4.74 Å². The van der Waals surface area contributed by atoms with E-state index >= 15 is 0 Å². The number of rotatable bonds is 4. The normalized spacial score (nSPS) is 27.4. The molecule has 0 aromatic heterocycles. The summed E-state index contributed by atoms with van der Waals surface area (Å²) in [5, 5.41) is 0. The second-order valence-electron chi connectivity index (χ2n) is 5.87. The van der Waals surface area contributed by atoms with E-state index in [1.54, 1.807) is 4.90 Å². The Morgan fingerprint density at radius 3 is 2.48 bits per heavy atom. The first-order valence-corrected chi connectivity index (χ1v) is 8.61. The maximum absolute atomic E-state index is 12.0. The summed E-state index contributed by atoms with van der Waals surface area (Å²) in [4.78, 5) is 25.2. The van der Waals surface area contributed by atoms with Crippen molar-refractivity contribution in [1.29, 1.82) is 0 Å². The van der Waals surface area contributed by atoms with E-state index in [-0.39, 0.29) is 12.2 Å². The molecular formula is C17H31NO3. The molecule has 3 atom stereocenters. The molecule has 21 heavy (non-hydrogen) atoms. The Morgan fingerprint density at radius 1 is 1.19 bits per heavy atom. The average Bonchev–Trinajstić information content (AvgIpc) is 2.86. The highest BCUT2D eigenvalue weighted by Crippen LogP contribution is 2.41. The minimum Gasteiger partial charge on any atom is -0.446 e. The number of Topliss-reactive ketones (excluding diaryl/α,β-unsaturated/α-hetero) is 1. The SMILES string of the molecule is CC.CCCN(CC)C(=O)O[C@@H]1CC[C@@H]2CC(=O)C[C@@H]2C1. The van der Waals surface area contributed by atoms with Crippen LogP contribution < -0.4 is 0 Å². The third-order valence-electron chi connectivity index (χ3n) is 4.47. The summed E-state index contributed by atoms with van der Waals surface area (Å²) in [7, 11) is 0. The van der Waals surface area contributed by atoms with Gasteiger partial charge in [-0.3, -0.25) is 4.79 Å². The number of ether oxygens (including phenoxy) is 1. The Bertz CT molecular complexity index is 343. The third kappa shape index (κ3) is 5.01. The van der Waals surface area contributed by atoms with Crippen LogP contribution in [0, 0.1) is 11.8 Å². The number of hydrogen-bond acceptors (Lipinski definition) is 3. The van der Waals surface area contributed by atoms with Gasteiger partial charge in [0.05, 0.1) is 0 Å². The van der Waals surface area contributed by atoms with Gasteiger partial charge in [0, 0.05) is 25.9 Å². The lowest BCUT2D eigenvalue weighted by Crippen LogP contribution is -2.37. The molecule has 2 rings (SSSR count). The highest BCUT2D eigenvalue weighted by molar-refractivity contribution is 5.81. The number of carbonyl (C=O) groups is 2. The van der Waals surface area contributed by atoms with Crippen molar-refractivity contribution in [3.63, 3.8) is 0 Å². The molecule has 0 spiro atoms. The topological polar surface area (TPSA) is 46.6 Å². The summed E-state index contributed by atoms with van der Waals surface area (Å²) in [5.74, 6) is 1.41. The number of fused-ring (bicyclic) bond motifs is 1. The van der Waals surface area contributed by atoms with Gasteiger partial charge >= 0.3 is 6.09 Å². The Balaban J connectivity index is 0.00000106. The van der Waals surface area contributed by atoms with Crippen molar-refractivity contribution in [2.24, 2.45) is 11.8 Å². The molecule has 2 fully saturated rings. The molecule has 0 N–H and O–H groups in total. The zero-order valence-corrected chi connectivity index (χ0v) is 14.1. The van der Waals surface area contributed by atoms with Gasteiger partial charge in [0.2, 0.25) is 0 Å². The summed E-state index contributed by atoms with van der Waals surface area (Å²) < 4.78 is 5.62. The molecule has 0 aromatic rings. The van der Waals surface area contributed by atoms with Gasteiger partial charge in [-0.15, -0.1) is 0 Å². The zero-order valence-electron chi connectivity index (χ0n) is 14.1. The first kappa shape index (κ1) is 18.0. The molecule has 0 saturated heterocycles. The van der Waals surface area contributed by atoms with E-state index in [0.29, 0.717) is 30.6 Å². The van der Waals surface area contributed by atoms with E-state index in [1.807, 2.05) is 20.8 Å². The Morgan fingerprint density at radius 2 is 1.86 bits per heavy atom. The molecule has 2 saturated carbocycles. The number of ketones is 1. The fourth-order valence-electron chi connectivity index (χ4n) is 3.44. The molecule has 0 bridgehead atoms. The van der Waals surface area contributed by atoms with Crippen molar-refractivity contribution in [2.75, 3.05) is 13.1 Å². The molecule has 4 heteroatoms. The smallest absolute Gasteiger partial charge is 0.410 e. The zero-order chi connectivity index (χ0) is 15.8. The van der Waals surface area contributed by atoms with Crippen LogP contribution in [0.15, 0.2) is 0 Å². The van der Waals surface area contributed by atoms with Crippen LogP contribution in [0.3, 0.4) is 0 Å². The molecule has 0 aromatic carbocycles. The van der Waals surface area contributed by atoms with E-state index in [1.165, 1.54) is 0 Å². The van der Waals surface area contributed by atoms with Gasteiger partial charge in [-0.25, -0.2) is 4.79 Å². The quantitative estimate of drug-likeness (QED) is 0.787. The lowest BCUT2D eigenvalue weighted by molar-refractivity contribution is -0.117. The van der Waals surface area contributed by atoms with Gasteiger partial charge in [0.15, 0.2) is 0 Å². The van der Waals surface area contributed by atoms with Gasteiger partial charge in [-0.2, -0.15) is 0 Å². The van der Waals surface area contributed by atoms with Crippen molar-refractivity contribution < 1.29 is 14.3 Å². The molecular weight excluding hydrogens is 266 g/mol. The molecule has 0 aliphatic heterocycles. The summed E-state index contributed by atoms with van der Waals surface area (Å²) in [6.45, 7) is 9.49. The van der Waals surface area contributed by atoms with Crippen molar-refractivity contribution in [3.8, 4) is 0 Å². The minimum atomic E-state index is -0.183. The highest BCUT2D eigenvalue weighted by Gasteiger charge is 2.39. The van der Waals surface area contributed by atoms with Crippen LogP contribution in [0.1, 0.15) is 66.2 Å². The predicted molar refractivity (Wildman–Crippen MR) is 84.2 cm³/mol. The Labute approximate surface area is 129 Å². The summed E-state index contributed by atoms with van der Waals surface area (Å²) in [6.07, 6.45) is 5.08. The largest absolute Gasteiger partial charge is 0.446 e. The lowest BCUT2D eigenvalue weighted by Gasteiger charge is -2.32. The molecule has 4 nitrogen and oxygen atoms in total. The molecule has 122 valence electrons. The van der Waals surface area contributed by atoms with Crippen molar-refractivity contribution in [2.45, 2.75) is 72.3 Å². The van der Waals surface area contributed by atoms with Crippen molar-refractivity contribution in [1.82, 2.24) is 4.90 Å². The maximum Gasteiger partial charge on any atom is 0.410 e. The monoisotopic (exact) mass is 297 g/mol. The lowest BCUT2D eigenvalue weighted by atomic mass is 9.80. The first-order chi connectivity index (χ1) is 10.1. The van der Waals surface area contributed by atoms with Crippen LogP contribution in [0.4, 0.5) is 4.79 Å². The standard InChI is InChI=1S/C15H25NO3.C2H6/c1-3-7-16(4-2)15(18)19-14-6-5-11-8-13(17)9-12(11)10-14;1-2/h11-12,14H,3-10H2,1-2H3;1-2H3/t11-,12-,14-;/m1./s1. The van der Waals surface area contributed by atoms with Crippen LogP contribution in [-0.4, -0.2) is 36.0 Å². The van der Waals surface area contributed by atoms with Crippen molar-refractivity contribution in [3.05, 3.63) is 0 Å². The van der Waals surface area contributed by atoms with Gasteiger partial charge in [-0.1, -0.05) is 20.8 Å². The van der Waals surface area contributed by atoms with E-state index in [2.05, 4.69) is 6.92 Å². The Kier molecular flexibility index (Phi) is 7.76. The van der Waals surface area contributed by atoms with Crippen LogP contribution >= 0.6 is 0 Å². The number of amides is 1. The van der Waals surface area contributed by atoms with Crippen molar-refractivity contribution >= 4 is 11.9 Å². The Hall–Kier alpha value is -1.06. The highest BCUT2D eigenvalue weighted by atomic mass is 16.6. The molecule has 2 aliphatic carbocycles. The molecule has 2 aliphatic rings. The second kappa shape index (κ2) is 9.06. The van der Waals surface area contributed by atoms with Gasteiger partial charge in [0.1, 0.15) is 11.9 Å². The number of hydrogen-bond donors (Lipinski definition) is 0. The number of nitrogens with zero attached hydrogens (tertiary/aromatic N) is 1. The molecule has 1 amide bonds. The summed E-state index contributed by atoms with van der Waals surface area (Å²) in [5.41, 5.74) is 0. The van der Waals surface area contributed by atoms with Gasteiger partial charge in [0.25, 0.3) is 0 Å².